The molecule has 0 saturated heterocycles. The summed E-state index contributed by atoms with van der Waals surface area (Å²) in [7, 11) is 0. The Morgan fingerprint density at radius 2 is 2.29 bits per heavy atom. The Bertz CT molecular complexity index is 372. The Hall–Kier alpha value is -1.93. The largest absolute Gasteiger partial charge is 0.508 e. The molecule has 1 rings (SSSR count). The van der Waals surface area contributed by atoms with E-state index in [0.29, 0.717) is 6.54 Å². The lowest BCUT2D eigenvalue weighted by Crippen LogP contribution is -1.77. The van der Waals surface area contributed by atoms with E-state index in [2.05, 4.69) is 10.0 Å². The van der Waals surface area contributed by atoms with Gasteiger partial charge in [0.05, 0.1) is 0 Å². The lowest BCUT2D eigenvalue weighted by Gasteiger charge is -1.98. The second-order valence-corrected chi connectivity index (χ2v) is 2.92. The first-order chi connectivity index (χ1) is 6.72. The second-order valence-electron chi connectivity index (χ2n) is 2.92. The van der Waals surface area contributed by atoms with E-state index < -0.39 is 0 Å². The zero-order chi connectivity index (χ0) is 10.4. The van der Waals surface area contributed by atoms with Gasteiger partial charge in [-0.15, -0.1) is 0 Å². The van der Waals surface area contributed by atoms with Crippen LogP contribution in [-0.2, 0) is 0 Å². The normalized spacial score (nSPS) is 10.1. The highest BCUT2D eigenvalue weighted by Gasteiger charge is 1.92. The van der Waals surface area contributed by atoms with Gasteiger partial charge in [-0.25, -0.2) is 0 Å². The molecule has 0 heterocycles. The van der Waals surface area contributed by atoms with Gasteiger partial charge in [-0.05, 0) is 35.7 Å². The summed E-state index contributed by atoms with van der Waals surface area (Å²) < 4.78 is 0. The fourth-order valence-corrected chi connectivity index (χ4v) is 1.16. The summed E-state index contributed by atoms with van der Waals surface area (Å²) in [5, 5.41) is 12.6. The highest BCUT2D eigenvalue weighted by atomic mass is 16.3. The SMILES string of the molecule is Cc1cc(O)cc(C=CCN=[N+]=[N-])c1. The summed E-state index contributed by atoms with van der Waals surface area (Å²) in [6.45, 7) is 2.23. The van der Waals surface area contributed by atoms with Crippen molar-refractivity contribution in [1.29, 1.82) is 0 Å². The molecule has 0 bridgehead atoms. The summed E-state index contributed by atoms with van der Waals surface area (Å²) >= 11 is 0. The fourth-order valence-electron chi connectivity index (χ4n) is 1.16. The van der Waals surface area contributed by atoms with Gasteiger partial charge in [0.25, 0.3) is 0 Å². The predicted molar refractivity (Wildman–Crippen MR) is 55.9 cm³/mol. The van der Waals surface area contributed by atoms with Crippen LogP contribution in [0.2, 0.25) is 0 Å². The van der Waals surface area contributed by atoms with Gasteiger partial charge in [0.2, 0.25) is 0 Å². The van der Waals surface area contributed by atoms with Crippen LogP contribution in [0.25, 0.3) is 16.5 Å². The fraction of sp³-hybridized carbons (Fsp3) is 0.200. The van der Waals surface area contributed by atoms with Crippen molar-refractivity contribution in [2.75, 3.05) is 6.54 Å². The molecule has 0 aromatic heterocycles. The van der Waals surface area contributed by atoms with Gasteiger partial charge in [0.15, 0.2) is 0 Å². The van der Waals surface area contributed by atoms with Crippen LogP contribution >= 0.6 is 0 Å². The van der Waals surface area contributed by atoms with Crippen LogP contribution in [0.1, 0.15) is 11.1 Å². The van der Waals surface area contributed by atoms with E-state index in [4.69, 9.17) is 5.53 Å². The number of phenolic OH excluding ortho intramolecular Hbond substituents is 1. The lowest BCUT2D eigenvalue weighted by atomic mass is 10.1. The van der Waals surface area contributed by atoms with Crippen LogP contribution in [0, 0.1) is 6.92 Å². The molecule has 1 aromatic rings. The van der Waals surface area contributed by atoms with Crippen LogP contribution in [-0.4, -0.2) is 11.7 Å². The number of aryl methyl sites for hydroxylation is 1. The van der Waals surface area contributed by atoms with Crippen molar-refractivity contribution in [3.8, 4) is 5.75 Å². The minimum absolute atomic E-state index is 0.244. The molecule has 1 N–H and O–H groups in total. The summed E-state index contributed by atoms with van der Waals surface area (Å²) in [5.74, 6) is 0.244. The van der Waals surface area contributed by atoms with Crippen LogP contribution in [0.5, 0.6) is 5.75 Å². The standard InChI is InChI=1S/C10H11N3O/c1-8-5-9(7-10(14)6-8)3-2-4-12-13-11/h2-3,5-7,14H,4H2,1H3. The molecular formula is C10H11N3O. The molecule has 4 heteroatoms. The predicted octanol–water partition coefficient (Wildman–Crippen LogP) is 3.02. The Kier molecular flexibility index (Phi) is 3.58. The topological polar surface area (TPSA) is 69.0 Å². The quantitative estimate of drug-likeness (QED) is 0.443. The first kappa shape index (κ1) is 10.2. The van der Waals surface area contributed by atoms with Crippen LogP contribution in [0.4, 0.5) is 0 Å². The molecule has 14 heavy (non-hydrogen) atoms. The maximum absolute atomic E-state index is 9.28. The highest BCUT2D eigenvalue weighted by molar-refractivity contribution is 5.53. The second kappa shape index (κ2) is 4.94. The molecule has 72 valence electrons. The van der Waals surface area contributed by atoms with Crippen molar-refractivity contribution in [3.63, 3.8) is 0 Å². The number of azide groups is 1. The Morgan fingerprint density at radius 1 is 1.50 bits per heavy atom. The molecule has 0 radical (unpaired) electrons. The number of hydrogen-bond acceptors (Lipinski definition) is 2. The third-order valence-electron chi connectivity index (χ3n) is 1.65. The number of nitrogens with zero attached hydrogens (tertiary/aromatic N) is 3. The van der Waals surface area contributed by atoms with Crippen LogP contribution in [0.3, 0.4) is 0 Å². The van der Waals surface area contributed by atoms with E-state index in [9.17, 15) is 5.11 Å². The molecule has 0 saturated carbocycles. The van der Waals surface area contributed by atoms with Gasteiger partial charge in [-0.2, -0.15) is 0 Å². The van der Waals surface area contributed by atoms with Gasteiger partial charge >= 0.3 is 0 Å². The molecule has 1 aromatic carbocycles. The van der Waals surface area contributed by atoms with Gasteiger partial charge < -0.3 is 5.11 Å². The van der Waals surface area contributed by atoms with E-state index in [1.165, 1.54) is 0 Å². The first-order valence-corrected chi connectivity index (χ1v) is 4.20. The zero-order valence-corrected chi connectivity index (χ0v) is 7.88. The van der Waals surface area contributed by atoms with Gasteiger partial charge in [-0.1, -0.05) is 23.3 Å². The molecule has 0 aliphatic carbocycles. The molecular weight excluding hydrogens is 178 g/mol. The molecule has 0 aliphatic rings. The lowest BCUT2D eigenvalue weighted by molar-refractivity contribution is 0.475. The van der Waals surface area contributed by atoms with Crippen molar-refractivity contribution in [2.24, 2.45) is 5.11 Å². The zero-order valence-electron chi connectivity index (χ0n) is 7.88. The minimum Gasteiger partial charge on any atom is -0.508 e. The maximum atomic E-state index is 9.28. The maximum Gasteiger partial charge on any atom is 0.116 e. The van der Waals surface area contributed by atoms with E-state index in [-0.39, 0.29) is 5.75 Å². The summed E-state index contributed by atoms with van der Waals surface area (Å²) in [4.78, 5) is 2.63. The third kappa shape index (κ3) is 3.21. The van der Waals surface area contributed by atoms with E-state index in [1.807, 2.05) is 13.0 Å². The number of rotatable bonds is 3. The Labute approximate surface area is 82.1 Å². The molecule has 0 spiro atoms. The Morgan fingerprint density at radius 3 is 2.93 bits per heavy atom. The van der Waals surface area contributed by atoms with Crippen molar-refractivity contribution < 1.29 is 5.11 Å². The van der Waals surface area contributed by atoms with Crippen LogP contribution in [0.15, 0.2) is 29.4 Å². The van der Waals surface area contributed by atoms with Gasteiger partial charge in [0.1, 0.15) is 5.75 Å². The smallest absolute Gasteiger partial charge is 0.116 e. The van der Waals surface area contributed by atoms with E-state index >= 15 is 0 Å². The molecule has 0 unspecified atom stereocenters. The monoisotopic (exact) mass is 189 g/mol. The van der Waals surface area contributed by atoms with Crippen LogP contribution < -0.4 is 0 Å². The average molecular weight is 189 g/mol. The molecule has 0 fully saturated rings. The van der Waals surface area contributed by atoms with E-state index in [1.54, 1.807) is 24.3 Å². The minimum atomic E-state index is 0.244. The third-order valence-corrected chi connectivity index (χ3v) is 1.65. The van der Waals surface area contributed by atoms with Crippen molar-refractivity contribution >= 4 is 6.08 Å². The van der Waals surface area contributed by atoms with Crippen molar-refractivity contribution in [3.05, 3.63) is 45.8 Å². The summed E-state index contributed by atoms with van der Waals surface area (Å²) in [5.41, 5.74) is 9.93. The van der Waals surface area contributed by atoms with Crippen molar-refractivity contribution in [2.45, 2.75) is 6.92 Å². The van der Waals surface area contributed by atoms with Gasteiger partial charge in [-0.3, -0.25) is 0 Å². The number of benzene rings is 1. The highest BCUT2D eigenvalue weighted by Crippen LogP contribution is 2.15. The average Bonchev–Trinajstić information content (AvgIpc) is 2.11. The Balaban J connectivity index is 2.75. The number of aromatic hydroxyl groups is 1. The summed E-state index contributed by atoms with van der Waals surface area (Å²) in [6, 6.07) is 5.27. The molecule has 0 amide bonds. The summed E-state index contributed by atoms with van der Waals surface area (Å²) in [6.07, 6.45) is 3.55. The number of hydrogen-bond donors (Lipinski definition) is 1. The molecule has 0 aliphatic heterocycles. The molecule has 0 atom stereocenters. The van der Waals surface area contributed by atoms with Crippen molar-refractivity contribution in [1.82, 2.24) is 0 Å². The van der Waals surface area contributed by atoms with Gasteiger partial charge in [0, 0.05) is 11.5 Å². The number of phenols is 1. The first-order valence-electron chi connectivity index (χ1n) is 4.20. The molecule has 4 nitrogen and oxygen atoms in total. The van der Waals surface area contributed by atoms with E-state index in [0.717, 1.165) is 11.1 Å².